The van der Waals surface area contributed by atoms with Crippen molar-refractivity contribution in [1.82, 2.24) is 14.8 Å². The van der Waals surface area contributed by atoms with Gasteiger partial charge in [0.05, 0.1) is 0 Å². The third-order valence-electron chi connectivity index (χ3n) is 3.94. The van der Waals surface area contributed by atoms with Gasteiger partial charge in [0, 0.05) is 30.3 Å². The van der Waals surface area contributed by atoms with E-state index in [0.29, 0.717) is 0 Å². The zero-order valence-corrected chi connectivity index (χ0v) is 13.7. The number of aromatic nitrogens is 3. The Labute approximate surface area is 136 Å². The highest BCUT2D eigenvalue weighted by Crippen LogP contribution is 2.23. The first kappa shape index (κ1) is 15.5. The molecular weight excluding hydrogens is 288 g/mol. The monoisotopic (exact) mass is 310 g/mol. The van der Waals surface area contributed by atoms with Gasteiger partial charge in [-0.05, 0) is 51.0 Å². The molecule has 120 valence electrons. The predicted octanol–water partition coefficient (Wildman–Crippen LogP) is 3.58. The van der Waals surface area contributed by atoms with Gasteiger partial charge < -0.3 is 9.88 Å². The summed E-state index contributed by atoms with van der Waals surface area (Å²) in [6.07, 6.45) is 6.21. The van der Waals surface area contributed by atoms with Gasteiger partial charge in [0.25, 0.3) is 0 Å². The summed E-state index contributed by atoms with van der Waals surface area (Å²) in [5.74, 6) is 1.90. The van der Waals surface area contributed by atoms with Crippen LogP contribution in [0.2, 0.25) is 0 Å². The smallest absolute Gasteiger partial charge is 0.248 e. The highest BCUT2D eigenvalue weighted by Gasteiger charge is 2.15. The fraction of sp³-hybridized carbons (Fsp3) is 0.389. The average Bonchev–Trinajstić information content (AvgIpc) is 2.76. The first-order valence-electron chi connectivity index (χ1n) is 8.12. The summed E-state index contributed by atoms with van der Waals surface area (Å²) in [5.41, 5.74) is 2.79. The van der Waals surface area contributed by atoms with Gasteiger partial charge in [-0.3, -0.25) is 4.79 Å². The lowest BCUT2D eigenvalue weighted by molar-refractivity contribution is -0.111. The molecule has 2 aromatic rings. The number of carbonyl (C=O) groups is 1. The van der Waals surface area contributed by atoms with Gasteiger partial charge in [0.15, 0.2) is 5.82 Å². The zero-order chi connectivity index (χ0) is 16.2. The summed E-state index contributed by atoms with van der Waals surface area (Å²) < 4.78 is 2.23. The highest BCUT2D eigenvalue weighted by molar-refractivity contribution is 5.99. The lowest BCUT2D eigenvalue weighted by atomic mass is 10.2. The number of nitrogens with zero attached hydrogens (tertiary/aromatic N) is 3. The van der Waals surface area contributed by atoms with Crippen LogP contribution in [0, 0.1) is 0 Å². The van der Waals surface area contributed by atoms with E-state index in [1.54, 1.807) is 6.08 Å². The molecule has 0 aliphatic carbocycles. The van der Waals surface area contributed by atoms with Crippen LogP contribution in [0.1, 0.15) is 38.9 Å². The predicted molar refractivity (Wildman–Crippen MR) is 91.1 cm³/mol. The third kappa shape index (κ3) is 3.67. The summed E-state index contributed by atoms with van der Waals surface area (Å²) in [6, 6.07) is 7.79. The van der Waals surface area contributed by atoms with E-state index in [9.17, 15) is 4.79 Å². The molecule has 0 fully saturated rings. The number of rotatable bonds is 3. The van der Waals surface area contributed by atoms with E-state index in [-0.39, 0.29) is 5.91 Å². The molecule has 0 saturated carbocycles. The molecule has 1 aromatic carbocycles. The van der Waals surface area contributed by atoms with Crippen LogP contribution in [0.3, 0.4) is 0 Å². The number of hydrogen-bond acceptors (Lipinski definition) is 3. The van der Waals surface area contributed by atoms with Crippen LogP contribution in [0.25, 0.3) is 11.4 Å². The molecule has 1 aromatic heterocycles. The molecule has 0 bridgehead atoms. The second kappa shape index (κ2) is 6.77. The van der Waals surface area contributed by atoms with E-state index in [4.69, 9.17) is 0 Å². The molecule has 5 nitrogen and oxygen atoms in total. The van der Waals surface area contributed by atoms with E-state index in [2.05, 4.69) is 20.1 Å². The second-order valence-corrected chi connectivity index (χ2v) is 6.19. The zero-order valence-electron chi connectivity index (χ0n) is 13.7. The Kier molecular flexibility index (Phi) is 4.55. The first-order chi connectivity index (χ1) is 11.1. The van der Waals surface area contributed by atoms with Gasteiger partial charge in [0.1, 0.15) is 5.82 Å². The number of nitrogens with one attached hydrogen (secondary N) is 1. The fourth-order valence-corrected chi connectivity index (χ4v) is 2.84. The van der Waals surface area contributed by atoms with E-state index < -0.39 is 0 Å². The van der Waals surface area contributed by atoms with Crippen LogP contribution in [-0.4, -0.2) is 20.7 Å². The fourth-order valence-electron chi connectivity index (χ4n) is 2.84. The van der Waals surface area contributed by atoms with Crippen LogP contribution >= 0.6 is 0 Å². The Hall–Kier alpha value is -2.43. The Morgan fingerprint density at radius 3 is 2.65 bits per heavy atom. The molecule has 0 saturated heterocycles. The molecule has 1 aliphatic heterocycles. The number of hydrogen-bond donors (Lipinski definition) is 1. The summed E-state index contributed by atoms with van der Waals surface area (Å²) in [6.45, 7) is 4.79. The standard InChI is InChI=1S/C18H22N4O/c1-13(2)12-17(23)19-15-9-7-14(8-10-15)18-21-20-16-6-4-3-5-11-22(16)18/h7-10,12H,3-6,11H2,1-2H3,(H,19,23). The first-order valence-corrected chi connectivity index (χ1v) is 8.12. The maximum atomic E-state index is 11.8. The summed E-state index contributed by atoms with van der Waals surface area (Å²) in [4.78, 5) is 11.8. The summed E-state index contributed by atoms with van der Waals surface area (Å²) >= 11 is 0. The lowest BCUT2D eigenvalue weighted by Crippen LogP contribution is -2.08. The largest absolute Gasteiger partial charge is 0.323 e. The van der Waals surface area contributed by atoms with E-state index in [1.807, 2.05) is 38.1 Å². The summed E-state index contributed by atoms with van der Waals surface area (Å²) in [7, 11) is 0. The topological polar surface area (TPSA) is 59.8 Å². The molecule has 0 radical (unpaired) electrons. The minimum absolute atomic E-state index is 0.103. The van der Waals surface area contributed by atoms with Crippen molar-refractivity contribution in [3.8, 4) is 11.4 Å². The Morgan fingerprint density at radius 2 is 1.91 bits per heavy atom. The van der Waals surface area contributed by atoms with Crippen LogP contribution in [-0.2, 0) is 17.8 Å². The van der Waals surface area contributed by atoms with Crippen molar-refractivity contribution in [2.24, 2.45) is 0 Å². The van der Waals surface area contributed by atoms with Crippen molar-refractivity contribution < 1.29 is 4.79 Å². The second-order valence-electron chi connectivity index (χ2n) is 6.19. The minimum Gasteiger partial charge on any atom is -0.323 e. The van der Waals surface area contributed by atoms with Crippen LogP contribution in [0.15, 0.2) is 35.9 Å². The Morgan fingerprint density at radius 1 is 1.13 bits per heavy atom. The maximum absolute atomic E-state index is 11.8. The van der Waals surface area contributed by atoms with Gasteiger partial charge in [-0.1, -0.05) is 12.0 Å². The van der Waals surface area contributed by atoms with Crippen LogP contribution in [0.5, 0.6) is 0 Å². The number of anilines is 1. The quantitative estimate of drug-likeness (QED) is 0.882. The van der Waals surface area contributed by atoms with Crippen molar-refractivity contribution in [3.63, 3.8) is 0 Å². The van der Waals surface area contributed by atoms with E-state index >= 15 is 0 Å². The molecule has 1 amide bonds. The van der Waals surface area contributed by atoms with Gasteiger partial charge in [0.2, 0.25) is 5.91 Å². The number of carbonyl (C=O) groups excluding carboxylic acids is 1. The lowest BCUT2D eigenvalue weighted by Gasteiger charge is -2.08. The van der Waals surface area contributed by atoms with Gasteiger partial charge in [-0.2, -0.15) is 0 Å². The average molecular weight is 310 g/mol. The Bertz CT molecular complexity index is 724. The van der Waals surface area contributed by atoms with Gasteiger partial charge >= 0.3 is 0 Å². The maximum Gasteiger partial charge on any atom is 0.248 e. The van der Waals surface area contributed by atoms with Crippen molar-refractivity contribution in [2.75, 3.05) is 5.32 Å². The van der Waals surface area contributed by atoms with Crippen LogP contribution in [0.4, 0.5) is 5.69 Å². The normalized spacial score (nSPS) is 13.8. The molecule has 3 rings (SSSR count). The molecule has 0 unspecified atom stereocenters. The third-order valence-corrected chi connectivity index (χ3v) is 3.94. The number of fused-ring (bicyclic) bond motifs is 1. The Balaban J connectivity index is 1.79. The molecule has 2 heterocycles. The van der Waals surface area contributed by atoms with E-state index in [0.717, 1.165) is 41.4 Å². The molecule has 1 N–H and O–H groups in total. The molecule has 0 spiro atoms. The number of aryl methyl sites for hydroxylation is 1. The molecule has 0 atom stereocenters. The summed E-state index contributed by atoms with van der Waals surface area (Å²) in [5, 5.41) is 11.5. The number of benzene rings is 1. The van der Waals surface area contributed by atoms with Gasteiger partial charge in [-0.15, -0.1) is 10.2 Å². The van der Waals surface area contributed by atoms with Crippen molar-refractivity contribution >= 4 is 11.6 Å². The van der Waals surface area contributed by atoms with Crippen molar-refractivity contribution in [2.45, 2.75) is 46.1 Å². The van der Waals surface area contributed by atoms with E-state index in [1.165, 1.54) is 19.3 Å². The van der Waals surface area contributed by atoms with Crippen molar-refractivity contribution in [3.05, 3.63) is 41.7 Å². The molecule has 23 heavy (non-hydrogen) atoms. The molecule has 1 aliphatic rings. The minimum atomic E-state index is -0.103. The number of allylic oxidation sites excluding steroid dienone is 1. The SMILES string of the molecule is CC(C)=CC(=O)Nc1ccc(-c2nnc3n2CCCCC3)cc1. The molecule has 5 heteroatoms. The number of amides is 1. The molecular formula is C18H22N4O. The van der Waals surface area contributed by atoms with Crippen molar-refractivity contribution in [1.29, 1.82) is 0 Å². The van der Waals surface area contributed by atoms with Crippen LogP contribution < -0.4 is 5.32 Å². The highest BCUT2D eigenvalue weighted by atomic mass is 16.1. The van der Waals surface area contributed by atoms with Gasteiger partial charge in [-0.25, -0.2) is 0 Å².